The molecule has 0 aliphatic rings. The molecule has 1 atom stereocenters. The molecule has 0 fully saturated rings. The summed E-state index contributed by atoms with van der Waals surface area (Å²) in [6.45, 7) is 10.3. The Morgan fingerprint density at radius 3 is 2.60 bits per heavy atom. The third-order valence-electron chi connectivity index (χ3n) is 3.84. The fourth-order valence-electron chi connectivity index (χ4n) is 2.42. The van der Waals surface area contributed by atoms with E-state index in [4.69, 9.17) is 9.47 Å². The lowest BCUT2D eigenvalue weighted by Gasteiger charge is -2.29. The van der Waals surface area contributed by atoms with Crippen molar-refractivity contribution in [1.29, 1.82) is 5.26 Å². The van der Waals surface area contributed by atoms with Gasteiger partial charge in [0.2, 0.25) is 0 Å². The number of rotatable bonds is 10. The van der Waals surface area contributed by atoms with Crippen LogP contribution in [0.2, 0.25) is 0 Å². The molecule has 1 N–H and O–H groups in total. The highest BCUT2D eigenvalue weighted by atomic mass is 16.5. The highest BCUT2D eigenvalue weighted by molar-refractivity contribution is 5.98. The number of unbranched alkanes of at least 4 members (excludes halogenated alkanes) is 1. The van der Waals surface area contributed by atoms with E-state index in [-0.39, 0.29) is 12.0 Å². The van der Waals surface area contributed by atoms with Crippen LogP contribution < -0.4 is 10.1 Å². The van der Waals surface area contributed by atoms with Crippen molar-refractivity contribution in [3.8, 4) is 11.8 Å². The van der Waals surface area contributed by atoms with Gasteiger partial charge in [0.05, 0.1) is 17.4 Å². The maximum absolute atomic E-state index is 12.8. The number of carbonyl (C=O) groups excluding carboxylic acids is 1. The third kappa shape index (κ3) is 6.39. The van der Waals surface area contributed by atoms with Crippen molar-refractivity contribution >= 4 is 11.6 Å². The van der Waals surface area contributed by atoms with Crippen LogP contribution in [0, 0.1) is 11.3 Å². The van der Waals surface area contributed by atoms with Crippen molar-refractivity contribution in [2.75, 3.05) is 11.9 Å². The Bertz CT molecular complexity index is 597. The van der Waals surface area contributed by atoms with E-state index in [1.54, 1.807) is 18.2 Å². The van der Waals surface area contributed by atoms with E-state index in [2.05, 4.69) is 18.3 Å². The molecule has 0 radical (unpaired) electrons. The monoisotopic (exact) mass is 346 g/mol. The van der Waals surface area contributed by atoms with Crippen molar-refractivity contribution in [2.45, 2.75) is 72.0 Å². The minimum absolute atomic E-state index is 0.0202. The lowest BCUT2D eigenvalue weighted by atomic mass is 9.97. The van der Waals surface area contributed by atoms with Gasteiger partial charge in [-0.1, -0.05) is 26.7 Å². The summed E-state index contributed by atoms with van der Waals surface area (Å²) in [6.07, 6.45) is 3.40. The second kappa shape index (κ2) is 10.0. The Hall–Kier alpha value is -2.06. The highest BCUT2D eigenvalue weighted by Crippen LogP contribution is 2.26. The molecule has 0 aliphatic carbocycles. The van der Waals surface area contributed by atoms with Crippen LogP contribution in [0.4, 0.5) is 5.69 Å². The van der Waals surface area contributed by atoms with Gasteiger partial charge in [-0.25, -0.2) is 0 Å². The normalized spacial score (nSPS) is 13.2. The number of nitriles is 1. The third-order valence-corrected chi connectivity index (χ3v) is 3.84. The number of hydrogen-bond donors (Lipinski definition) is 1. The second-order valence-electron chi connectivity index (χ2n) is 6.62. The molecule has 138 valence electrons. The predicted molar refractivity (Wildman–Crippen MR) is 99.7 cm³/mol. The Balaban J connectivity index is 2.97. The molecule has 0 saturated carbocycles. The van der Waals surface area contributed by atoms with Gasteiger partial charge in [-0.2, -0.15) is 5.26 Å². The maximum atomic E-state index is 12.8. The number of anilines is 1. The van der Waals surface area contributed by atoms with Crippen LogP contribution in [0.1, 0.15) is 65.9 Å². The molecule has 0 spiro atoms. The van der Waals surface area contributed by atoms with Gasteiger partial charge in [-0.05, 0) is 45.7 Å². The van der Waals surface area contributed by atoms with Gasteiger partial charge in [0.1, 0.15) is 17.4 Å². The Morgan fingerprint density at radius 1 is 1.32 bits per heavy atom. The number of carbonyl (C=O) groups is 1. The van der Waals surface area contributed by atoms with Gasteiger partial charge in [-0.15, -0.1) is 0 Å². The predicted octanol–water partition coefficient (Wildman–Crippen LogP) is 4.66. The molecule has 1 aromatic rings. The van der Waals surface area contributed by atoms with Gasteiger partial charge < -0.3 is 14.8 Å². The topological polar surface area (TPSA) is 71.3 Å². The first-order valence-electron chi connectivity index (χ1n) is 9.02. The SMILES string of the molecule is CCCC[C@@](C)(OCCC)C(=O)Nc1ccc(OC(C)C)cc1C#N. The molecule has 0 bridgehead atoms. The molecule has 0 heterocycles. The largest absolute Gasteiger partial charge is 0.491 e. The number of nitrogens with zero attached hydrogens (tertiary/aromatic N) is 1. The number of nitrogens with one attached hydrogen (secondary N) is 1. The van der Waals surface area contributed by atoms with Crippen LogP contribution in [0.15, 0.2) is 18.2 Å². The molecule has 25 heavy (non-hydrogen) atoms. The first kappa shape index (κ1) is 21.0. The van der Waals surface area contributed by atoms with Gasteiger partial charge in [0, 0.05) is 12.7 Å². The molecule has 0 aliphatic heterocycles. The van der Waals surface area contributed by atoms with Crippen molar-refractivity contribution < 1.29 is 14.3 Å². The summed E-state index contributed by atoms with van der Waals surface area (Å²) in [7, 11) is 0. The minimum Gasteiger partial charge on any atom is -0.491 e. The molecule has 5 heteroatoms. The fourth-order valence-corrected chi connectivity index (χ4v) is 2.42. The summed E-state index contributed by atoms with van der Waals surface area (Å²) in [5.74, 6) is 0.393. The smallest absolute Gasteiger partial charge is 0.256 e. The lowest BCUT2D eigenvalue weighted by Crippen LogP contribution is -2.43. The average Bonchev–Trinajstić information content (AvgIpc) is 2.58. The number of ether oxygens (including phenoxy) is 2. The lowest BCUT2D eigenvalue weighted by molar-refractivity contribution is -0.140. The molecular weight excluding hydrogens is 316 g/mol. The Morgan fingerprint density at radius 2 is 2.04 bits per heavy atom. The summed E-state index contributed by atoms with van der Waals surface area (Å²) in [4.78, 5) is 12.8. The molecule has 0 saturated heterocycles. The van der Waals surface area contributed by atoms with E-state index < -0.39 is 5.60 Å². The van der Waals surface area contributed by atoms with Crippen molar-refractivity contribution in [3.63, 3.8) is 0 Å². The molecule has 0 unspecified atom stereocenters. The molecule has 0 aromatic heterocycles. The van der Waals surface area contributed by atoms with Gasteiger partial charge >= 0.3 is 0 Å². The van der Waals surface area contributed by atoms with E-state index >= 15 is 0 Å². The maximum Gasteiger partial charge on any atom is 0.256 e. The van der Waals surface area contributed by atoms with Crippen LogP contribution in [-0.2, 0) is 9.53 Å². The summed E-state index contributed by atoms with van der Waals surface area (Å²) in [6, 6.07) is 7.22. The van der Waals surface area contributed by atoms with Crippen LogP contribution in [0.3, 0.4) is 0 Å². The fraction of sp³-hybridized carbons (Fsp3) is 0.600. The standard InChI is InChI=1S/C20H30N2O3/c1-6-8-11-20(5,24-12-7-2)19(23)22-18-10-9-17(25-15(3)4)13-16(18)14-21/h9-10,13,15H,6-8,11-12H2,1-5H3,(H,22,23)/t20-/m1/s1. The zero-order chi connectivity index (χ0) is 18.9. The summed E-state index contributed by atoms with van der Waals surface area (Å²) >= 11 is 0. The van der Waals surface area contributed by atoms with Crippen molar-refractivity contribution in [3.05, 3.63) is 23.8 Å². The van der Waals surface area contributed by atoms with E-state index in [1.807, 2.05) is 27.7 Å². The van der Waals surface area contributed by atoms with Crippen LogP contribution in [0.25, 0.3) is 0 Å². The molecular formula is C20H30N2O3. The van der Waals surface area contributed by atoms with Crippen molar-refractivity contribution in [1.82, 2.24) is 0 Å². The number of benzene rings is 1. The van der Waals surface area contributed by atoms with Gasteiger partial charge in [0.15, 0.2) is 0 Å². The first-order valence-corrected chi connectivity index (χ1v) is 9.02. The van der Waals surface area contributed by atoms with Crippen LogP contribution in [0.5, 0.6) is 5.75 Å². The van der Waals surface area contributed by atoms with E-state index in [9.17, 15) is 10.1 Å². The van der Waals surface area contributed by atoms with Crippen LogP contribution in [-0.4, -0.2) is 24.2 Å². The summed E-state index contributed by atoms with van der Waals surface area (Å²) in [5, 5.41) is 12.2. The van der Waals surface area contributed by atoms with Gasteiger partial charge in [0.25, 0.3) is 5.91 Å². The summed E-state index contributed by atoms with van der Waals surface area (Å²) < 4.78 is 11.4. The molecule has 1 amide bonds. The van der Waals surface area contributed by atoms with E-state index in [1.165, 1.54) is 0 Å². The van der Waals surface area contributed by atoms with E-state index in [0.717, 1.165) is 19.3 Å². The molecule has 1 aromatic carbocycles. The number of hydrogen-bond acceptors (Lipinski definition) is 4. The first-order chi connectivity index (χ1) is 11.9. The highest BCUT2D eigenvalue weighted by Gasteiger charge is 2.33. The van der Waals surface area contributed by atoms with Crippen LogP contribution >= 0.6 is 0 Å². The second-order valence-corrected chi connectivity index (χ2v) is 6.62. The Labute approximate surface area is 151 Å². The van der Waals surface area contributed by atoms with Gasteiger partial charge in [-0.3, -0.25) is 4.79 Å². The zero-order valence-electron chi connectivity index (χ0n) is 16.0. The number of amides is 1. The van der Waals surface area contributed by atoms with Crippen molar-refractivity contribution in [2.24, 2.45) is 0 Å². The Kier molecular flexibility index (Phi) is 8.44. The average molecular weight is 346 g/mol. The summed E-state index contributed by atoms with van der Waals surface area (Å²) in [5.41, 5.74) is -0.0440. The van der Waals surface area contributed by atoms with E-state index in [0.29, 0.717) is 30.0 Å². The molecule has 1 rings (SSSR count). The quantitative estimate of drug-likeness (QED) is 0.669. The molecule has 5 nitrogen and oxygen atoms in total. The minimum atomic E-state index is -0.897. The zero-order valence-corrected chi connectivity index (χ0v) is 16.0.